The Labute approximate surface area is 178 Å². The van der Waals surface area contributed by atoms with Gasteiger partial charge >= 0.3 is 6.61 Å². The molecule has 0 saturated heterocycles. The predicted octanol–water partition coefficient (Wildman–Crippen LogP) is 0.561. The zero-order valence-corrected chi connectivity index (χ0v) is 17.6. The number of benzene rings is 2. The molecule has 2 aliphatic heterocycles. The van der Waals surface area contributed by atoms with Gasteiger partial charge in [-0.25, -0.2) is 9.48 Å². The zero-order chi connectivity index (χ0) is 19.7. The van der Waals surface area contributed by atoms with Gasteiger partial charge in [-0.3, -0.25) is 0 Å². The van der Waals surface area contributed by atoms with Gasteiger partial charge in [-0.1, -0.05) is 0 Å². The highest BCUT2D eigenvalue weighted by atomic mass is 79.9. The lowest BCUT2D eigenvalue weighted by molar-refractivity contribution is -0.661. The number of hydrogen-bond donors (Lipinski definition) is 1. The van der Waals surface area contributed by atoms with Gasteiger partial charge in [0.05, 0.1) is 13.7 Å². The normalized spacial score (nSPS) is 21.1. The summed E-state index contributed by atoms with van der Waals surface area (Å²) in [6.45, 7) is -1.76. The highest BCUT2D eigenvalue weighted by Gasteiger charge is 2.52. The summed E-state index contributed by atoms with van der Waals surface area (Å²) in [6, 6.07) is 14.0. The number of nitrogens with zero attached hydrogens (tertiary/aromatic N) is 2. The van der Waals surface area contributed by atoms with Crippen molar-refractivity contribution in [2.24, 2.45) is 0 Å². The van der Waals surface area contributed by atoms with E-state index in [2.05, 4.69) is 9.64 Å². The fourth-order valence-electron chi connectivity index (χ4n) is 4.05. The molecule has 2 aliphatic rings. The second-order valence-corrected chi connectivity index (χ2v) is 7.03. The van der Waals surface area contributed by atoms with E-state index in [9.17, 15) is 13.9 Å². The van der Waals surface area contributed by atoms with Gasteiger partial charge in [-0.2, -0.15) is 8.78 Å². The Morgan fingerprint density at radius 2 is 1.69 bits per heavy atom. The van der Waals surface area contributed by atoms with E-state index in [1.54, 1.807) is 19.2 Å². The summed E-state index contributed by atoms with van der Waals surface area (Å²) in [5, 5.41) is 11.6. The van der Waals surface area contributed by atoms with Crippen LogP contribution < -0.4 is 31.4 Å². The summed E-state index contributed by atoms with van der Waals surface area (Å²) >= 11 is 0. The van der Waals surface area contributed by atoms with Crippen molar-refractivity contribution >= 4 is 11.5 Å². The summed E-state index contributed by atoms with van der Waals surface area (Å²) in [5.74, 6) is 1.93. The SMILES string of the molecule is COc1ccc(N2CC(O)(c3ccc(OC(F)F)cc3)[N+]3=C2CCCC3)cc1.[Br-]. The van der Waals surface area contributed by atoms with Crippen LogP contribution in [-0.4, -0.2) is 42.3 Å². The smallest absolute Gasteiger partial charge is 0.387 e. The summed E-state index contributed by atoms with van der Waals surface area (Å²) in [5.41, 5.74) is 0.416. The number of hydrogen-bond acceptors (Lipinski definition) is 4. The first kappa shape index (κ1) is 21.5. The van der Waals surface area contributed by atoms with Gasteiger partial charge in [0, 0.05) is 12.0 Å². The van der Waals surface area contributed by atoms with Crippen molar-refractivity contribution in [1.29, 1.82) is 0 Å². The molecule has 2 aromatic rings. The first-order valence-corrected chi connectivity index (χ1v) is 9.34. The minimum Gasteiger partial charge on any atom is -1.00 e. The third-order valence-electron chi connectivity index (χ3n) is 5.41. The van der Waals surface area contributed by atoms with Crippen molar-refractivity contribution in [3.63, 3.8) is 0 Å². The molecule has 1 unspecified atom stereocenters. The summed E-state index contributed by atoms with van der Waals surface area (Å²) in [6.07, 6.45) is 2.94. The van der Waals surface area contributed by atoms with E-state index in [-0.39, 0.29) is 22.7 Å². The van der Waals surface area contributed by atoms with E-state index in [1.165, 1.54) is 12.1 Å². The zero-order valence-electron chi connectivity index (χ0n) is 16.0. The molecule has 4 rings (SSSR count). The molecule has 0 saturated carbocycles. The van der Waals surface area contributed by atoms with E-state index in [0.717, 1.165) is 43.1 Å². The van der Waals surface area contributed by atoms with Crippen LogP contribution in [0.1, 0.15) is 24.8 Å². The van der Waals surface area contributed by atoms with Gasteiger partial charge in [-0.15, -0.1) is 0 Å². The van der Waals surface area contributed by atoms with Crippen molar-refractivity contribution in [1.82, 2.24) is 0 Å². The number of ether oxygens (including phenoxy) is 2. The molecule has 2 heterocycles. The molecule has 0 radical (unpaired) electrons. The van der Waals surface area contributed by atoms with E-state index in [4.69, 9.17) is 4.74 Å². The third kappa shape index (κ3) is 4.09. The predicted molar refractivity (Wildman–Crippen MR) is 101 cm³/mol. The van der Waals surface area contributed by atoms with Crippen LogP contribution in [0.3, 0.4) is 0 Å². The number of β-amino-alcohol motifs (C(OH)–C–C–N with tert-alkyl or cyclic N) is 1. The van der Waals surface area contributed by atoms with E-state index < -0.39 is 12.3 Å². The Kier molecular flexibility index (Phi) is 6.43. The van der Waals surface area contributed by atoms with Gasteiger partial charge < -0.3 is 31.6 Å². The summed E-state index contributed by atoms with van der Waals surface area (Å²) < 4.78 is 36.5. The van der Waals surface area contributed by atoms with Crippen LogP contribution in [0.15, 0.2) is 48.5 Å². The number of halogens is 3. The molecule has 0 bridgehead atoms. The van der Waals surface area contributed by atoms with Gasteiger partial charge in [0.2, 0.25) is 0 Å². The molecule has 1 atom stereocenters. The summed E-state index contributed by atoms with van der Waals surface area (Å²) in [4.78, 5) is 2.13. The minimum atomic E-state index is -2.87. The van der Waals surface area contributed by atoms with E-state index >= 15 is 0 Å². The largest absolute Gasteiger partial charge is 1.00 e. The maximum Gasteiger partial charge on any atom is 0.387 e. The van der Waals surface area contributed by atoms with Crippen LogP contribution >= 0.6 is 0 Å². The van der Waals surface area contributed by atoms with Crippen LogP contribution in [0.2, 0.25) is 0 Å². The lowest BCUT2D eigenvalue weighted by Crippen LogP contribution is -3.00. The van der Waals surface area contributed by atoms with E-state index in [0.29, 0.717) is 12.1 Å². The number of aliphatic hydroxyl groups is 1. The molecular weight excluding hydrogens is 446 g/mol. The van der Waals surface area contributed by atoms with Crippen molar-refractivity contribution in [2.45, 2.75) is 31.6 Å². The third-order valence-corrected chi connectivity index (χ3v) is 5.41. The molecule has 156 valence electrons. The second-order valence-electron chi connectivity index (χ2n) is 7.03. The van der Waals surface area contributed by atoms with Crippen LogP contribution in [0.25, 0.3) is 0 Å². The maximum absolute atomic E-state index is 12.4. The van der Waals surface area contributed by atoms with Crippen molar-refractivity contribution in [2.75, 3.05) is 25.1 Å². The molecule has 0 aliphatic carbocycles. The first-order valence-electron chi connectivity index (χ1n) is 9.34. The molecule has 0 fully saturated rings. The van der Waals surface area contributed by atoms with Crippen LogP contribution in [0.5, 0.6) is 11.5 Å². The first-order chi connectivity index (χ1) is 13.5. The quantitative estimate of drug-likeness (QED) is 0.651. The lowest BCUT2D eigenvalue weighted by Gasteiger charge is -2.24. The average Bonchev–Trinajstić information content (AvgIpc) is 3.02. The average molecular weight is 469 g/mol. The number of anilines is 1. The molecule has 5 nitrogen and oxygen atoms in total. The van der Waals surface area contributed by atoms with Crippen molar-refractivity contribution in [3.8, 4) is 11.5 Å². The molecular formula is C21H23BrF2N2O3. The van der Waals surface area contributed by atoms with Gasteiger partial charge in [0.15, 0.2) is 6.54 Å². The number of amidine groups is 1. The lowest BCUT2D eigenvalue weighted by atomic mass is 10.0. The van der Waals surface area contributed by atoms with Crippen LogP contribution in [0, 0.1) is 0 Å². The van der Waals surface area contributed by atoms with Gasteiger partial charge in [0.25, 0.3) is 11.6 Å². The minimum absolute atomic E-state index is 0. The Morgan fingerprint density at radius 1 is 1.03 bits per heavy atom. The Morgan fingerprint density at radius 3 is 2.31 bits per heavy atom. The van der Waals surface area contributed by atoms with Gasteiger partial charge in [0.1, 0.15) is 17.2 Å². The molecule has 8 heteroatoms. The topological polar surface area (TPSA) is 44.9 Å². The highest BCUT2D eigenvalue weighted by molar-refractivity contribution is 5.96. The fraction of sp³-hybridized carbons (Fsp3) is 0.381. The fourth-order valence-corrected chi connectivity index (χ4v) is 4.05. The number of methoxy groups -OCH3 is 1. The molecule has 0 aromatic heterocycles. The molecule has 0 amide bonds. The highest BCUT2D eigenvalue weighted by Crippen LogP contribution is 2.36. The number of rotatable bonds is 5. The van der Waals surface area contributed by atoms with Crippen LogP contribution in [0.4, 0.5) is 14.5 Å². The van der Waals surface area contributed by atoms with Crippen LogP contribution in [-0.2, 0) is 5.72 Å². The van der Waals surface area contributed by atoms with Gasteiger partial charge in [-0.05, 0) is 61.4 Å². The van der Waals surface area contributed by atoms with Crippen molar-refractivity contribution < 1.29 is 44.9 Å². The summed E-state index contributed by atoms with van der Waals surface area (Å²) in [7, 11) is 1.63. The van der Waals surface area contributed by atoms with Crippen molar-refractivity contribution in [3.05, 3.63) is 54.1 Å². The van der Waals surface area contributed by atoms with E-state index in [1.807, 2.05) is 28.8 Å². The molecule has 1 N–H and O–H groups in total. The molecule has 0 spiro atoms. The Hall–Kier alpha value is -2.19. The molecule has 2 aromatic carbocycles. The number of alkyl halides is 2. The monoisotopic (exact) mass is 468 g/mol. The Balaban J connectivity index is 0.00000240. The Bertz CT molecular complexity index is 874. The maximum atomic E-state index is 12.4. The standard InChI is InChI=1S/C21H23F2N2O3.BrH/c1-27-17-11-7-16(8-12-17)24-14-21(26,25-13-3-2-4-19(24)25)15-5-9-18(10-6-15)28-20(22)23;/h5-12,20,26H,2-4,13-14H2,1H3;1H/q+1;/p-1. The second kappa shape index (κ2) is 8.67. The molecule has 29 heavy (non-hydrogen) atoms.